The highest BCUT2D eigenvalue weighted by Crippen LogP contribution is 2.35. The van der Waals surface area contributed by atoms with Gasteiger partial charge in [-0.1, -0.05) is 31.4 Å². The van der Waals surface area contributed by atoms with Crippen molar-refractivity contribution in [2.75, 3.05) is 19.7 Å². The van der Waals surface area contributed by atoms with Crippen LogP contribution in [0.2, 0.25) is 0 Å². The molecule has 2 aliphatic rings. The monoisotopic (exact) mass is 398 g/mol. The summed E-state index contributed by atoms with van der Waals surface area (Å²) in [5.41, 5.74) is 2.79. The number of allylic oxidation sites excluding steroid dienone is 6. The minimum atomic E-state index is -0.582. The third kappa shape index (κ3) is 5.17. The molecule has 0 saturated carbocycles. The van der Waals surface area contributed by atoms with Gasteiger partial charge >= 0.3 is 0 Å². The van der Waals surface area contributed by atoms with E-state index in [0.717, 1.165) is 17.8 Å². The molecule has 2 atom stereocenters. The molecule has 2 saturated heterocycles. The largest absolute Gasteiger partial charge is 0.491 e. The first-order valence-electron chi connectivity index (χ1n) is 10.3. The van der Waals surface area contributed by atoms with Gasteiger partial charge in [0, 0.05) is 35.5 Å². The van der Waals surface area contributed by atoms with Crippen LogP contribution in [0.25, 0.3) is 0 Å². The number of nitrogens with zero attached hydrogens (tertiary/aromatic N) is 2. The van der Waals surface area contributed by atoms with Gasteiger partial charge in [-0.15, -0.1) is 0 Å². The van der Waals surface area contributed by atoms with Crippen LogP contribution < -0.4 is 0 Å². The van der Waals surface area contributed by atoms with Crippen molar-refractivity contribution in [1.82, 2.24) is 9.80 Å². The molecule has 5 heteroatoms. The van der Waals surface area contributed by atoms with Crippen molar-refractivity contribution in [2.24, 2.45) is 0 Å². The van der Waals surface area contributed by atoms with Crippen molar-refractivity contribution in [3.8, 4) is 0 Å². The number of ether oxygens (including phenoxy) is 1. The average Bonchev–Trinajstić information content (AvgIpc) is 3.22. The van der Waals surface area contributed by atoms with Gasteiger partial charge in [0.1, 0.15) is 18.5 Å². The van der Waals surface area contributed by atoms with E-state index in [4.69, 9.17) is 4.74 Å². The number of β-amino-alcohol motifs (C(OH)–C–C–N with tert-alkyl or cyclic N) is 1. The SMILES string of the molecule is C=C/C(=C\C(=C/C)N1C(=O)C(=C)C(=C/C)/C1=C\C)OCC(O)CN1CCCC1C. The number of aliphatic hydroxyl groups is 1. The van der Waals surface area contributed by atoms with Crippen molar-refractivity contribution in [3.63, 3.8) is 0 Å². The molecule has 0 aliphatic carbocycles. The molecule has 2 aliphatic heterocycles. The topological polar surface area (TPSA) is 53.0 Å². The lowest BCUT2D eigenvalue weighted by Gasteiger charge is -2.24. The maximum atomic E-state index is 12.8. The molecule has 0 spiro atoms. The van der Waals surface area contributed by atoms with E-state index in [-0.39, 0.29) is 12.5 Å². The number of likely N-dealkylation sites (tertiary alicyclic amines) is 2. The summed E-state index contributed by atoms with van der Waals surface area (Å²) in [4.78, 5) is 16.7. The van der Waals surface area contributed by atoms with Gasteiger partial charge in [-0.3, -0.25) is 14.6 Å². The molecule has 2 rings (SSSR count). The van der Waals surface area contributed by atoms with Gasteiger partial charge in [0.2, 0.25) is 0 Å². The highest BCUT2D eigenvalue weighted by atomic mass is 16.5. The van der Waals surface area contributed by atoms with Gasteiger partial charge in [0.25, 0.3) is 5.91 Å². The Kier molecular flexibility index (Phi) is 8.23. The zero-order chi connectivity index (χ0) is 21.6. The normalized spacial score (nSPS) is 25.4. The summed E-state index contributed by atoms with van der Waals surface area (Å²) in [6, 6.07) is 0.503. The molecular formula is C24H34N2O3. The number of aliphatic hydroxyl groups excluding tert-OH is 1. The standard InChI is InChI=1S/C24H34N2O3/c1-7-19(26-23(10-4)22(9-3)18(6)24(26)28)14-21(8-2)29-16-20(27)15-25-13-11-12-17(25)5/h7-10,14,17,20,27H,2,6,11-13,15-16H2,1,3-5H3/b19-7+,21-14+,22-9-,23-10+. The smallest absolute Gasteiger partial charge is 0.262 e. The first-order chi connectivity index (χ1) is 13.9. The van der Waals surface area contributed by atoms with Crippen LogP contribution in [0, 0.1) is 0 Å². The molecule has 1 N–H and O–H groups in total. The number of amides is 1. The molecule has 1 amide bonds. The quantitative estimate of drug-likeness (QED) is 0.380. The Balaban J connectivity index is 2.10. The summed E-state index contributed by atoms with van der Waals surface area (Å²) in [6.45, 7) is 17.4. The molecule has 0 aromatic rings. The average molecular weight is 399 g/mol. The third-order valence-corrected chi connectivity index (χ3v) is 5.49. The molecular weight excluding hydrogens is 364 g/mol. The summed E-state index contributed by atoms with van der Waals surface area (Å²) < 4.78 is 5.81. The lowest BCUT2D eigenvalue weighted by atomic mass is 10.1. The number of hydrogen-bond donors (Lipinski definition) is 1. The molecule has 2 heterocycles. The van der Waals surface area contributed by atoms with E-state index < -0.39 is 6.10 Å². The Morgan fingerprint density at radius 3 is 2.59 bits per heavy atom. The molecule has 0 aromatic carbocycles. The van der Waals surface area contributed by atoms with Crippen LogP contribution in [0.1, 0.15) is 40.5 Å². The van der Waals surface area contributed by atoms with Crippen LogP contribution in [0.4, 0.5) is 0 Å². The Hall–Kier alpha value is -2.37. The van der Waals surface area contributed by atoms with Crippen LogP contribution in [-0.4, -0.2) is 52.7 Å². The molecule has 0 radical (unpaired) electrons. The Bertz CT molecular complexity index is 773. The van der Waals surface area contributed by atoms with E-state index in [0.29, 0.717) is 29.6 Å². The second-order valence-electron chi connectivity index (χ2n) is 7.41. The molecule has 158 valence electrons. The highest BCUT2D eigenvalue weighted by Gasteiger charge is 2.34. The molecule has 5 nitrogen and oxygen atoms in total. The zero-order valence-electron chi connectivity index (χ0n) is 18.1. The van der Waals surface area contributed by atoms with E-state index in [9.17, 15) is 9.90 Å². The van der Waals surface area contributed by atoms with Crippen molar-refractivity contribution >= 4 is 5.91 Å². The number of carbonyl (C=O) groups excluding carboxylic acids is 1. The lowest BCUT2D eigenvalue weighted by Crippen LogP contribution is -2.36. The second-order valence-corrected chi connectivity index (χ2v) is 7.41. The Labute approximate surface area is 175 Å². The number of rotatable bonds is 8. The molecule has 2 fully saturated rings. The summed E-state index contributed by atoms with van der Waals surface area (Å²) in [5.74, 6) is 0.358. The highest BCUT2D eigenvalue weighted by molar-refractivity contribution is 6.05. The molecule has 0 aromatic heterocycles. The minimum Gasteiger partial charge on any atom is -0.491 e. The van der Waals surface area contributed by atoms with E-state index in [2.05, 4.69) is 25.0 Å². The minimum absolute atomic E-state index is 0.151. The van der Waals surface area contributed by atoms with Crippen LogP contribution in [0.3, 0.4) is 0 Å². The fourth-order valence-electron chi connectivity index (χ4n) is 3.86. The number of carbonyl (C=O) groups is 1. The van der Waals surface area contributed by atoms with E-state index >= 15 is 0 Å². The first-order valence-corrected chi connectivity index (χ1v) is 10.3. The van der Waals surface area contributed by atoms with Gasteiger partial charge in [-0.25, -0.2) is 0 Å². The van der Waals surface area contributed by atoms with E-state index in [1.165, 1.54) is 12.8 Å². The fraction of sp³-hybridized carbons (Fsp3) is 0.458. The first kappa shape index (κ1) is 22.9. The lowest BCUT2D eigenvalue weighted by molar-refractivity contribution is -0.122. The van der Waals surface area contributed by atoms with Gasteiger partial charge in [0.05, 0.1) is 5.70 Å². The van der Waals surface area contributed by atoms with Crippen LogP contribution in [-0.2, 0) is 9.53 Å². The van der Waals surface area contributed by atoms with Crippen LogP contribution in [0.15, 0.2) is 71.8 Å². The van der Waals surface area contributed by atoms with Crippen molar-refractivity contribution in [2.45, 2.75) is 52.7 Å². The van der Waals surface area contributed by atoms with E-state index in [1.807, 2.05) is 39.0 Å². The zero-order valence-corrected chi connectivity index (χ0v) is 18.1. The van der Waals surface area contributed by atoms with Crippen molar-refractivity contribution in [3.05, 3.63) is 71.8 Å². The Morgan fingerprint density at radius 1 is 1.34 bits per heavy atom. The number of hydrogen-bond acceptors (Lipinski definition) is 4. The molecule has 0 bridgehead atoms. The van der Waals surface area contributed by atoms with Gasteiger partial charge in [0.15, 0.2) is 0 Å². The van der Waals surface area contributed by atoms with Crippen LogP contribution >= 0.6 is 0 Å². The maximum Gasteiger partial charge on any atom is 0.262 e. The second kappa shape index (κ2) is 10.4. The predicted molar refractivity (Wildman–Crippen MR) is 118 cm³/mol. The van der Waals surface area contributed by atoms with E-state index in [1.54, 1.807) is 17.1 Å². The van der Waals surface area contributed by atoms with Crippen molar-refractivity contribution in [1.29, 1.82) is 0 Å². The summed E-state index contributed by atoms with van der Waals surface area (Å²) in [6.07, 6.45) is 10.8. The summed E-state index contributed by atoms with van der Waals surface area (Å²) in [5, 5.41) is 10.4. The maximum absolute atomic E-state index is 12.8. The van der Waals surface area contributed by atoms with Gasteiger partial charge < -0.3 is 9.84 Å². The van der Waals surface area contributed by atoms with Gasteiger partial charge in [-0.2, -0.15) is 0 Å². The molecule has 29 heavy (non-hydrogen) atoms. The predicted octanol–water partition coefficient (Wildman–Crippen LogP) is 4.07. The van der Waals surface area contributed by atoms with Crippen molar-refractivity contribution < 1.29 is 14.6 Å². The third-order valence-electron chi connectivity index (χ3n) is 5.49. The van der Waals surface area contributed by atoms with Gasteiger partial charge in [-0.05, 0) is 53.2 Å². The summed E-state index contributed by atoms with van der Waals surface area (Å²) >= 11 is 0. The Morgan fingerprint density at radius 2 is 2.07 bits per heavy atom. The molecule has 2 unspecified atom stereocenters. The summed E-state index contributed by atoms with van der Waals surface area (Å²) in [7, 11) is 0. The van der Waals surface area contributed by atoms with Crippen LogP contribution in [0.5, 0.6) is 0 Å². The fourth-order valence-corrected chi connectivity index (χ4v) is 3.86.